The second-order valence-corrected chi connectivity index (χ2v) is 5.67. The zero-order valence-corrected chi connectivity index (χ0v) is 12.8. The van der Waals surface area contributed by atoms with Crippen LogP contribution in [0.4, 0.5) is 0 Å². The summed E-state index contributed by atoms with van der Waals surface area (Å²) in [5.74, 6) is -0.0991. The molecule has 6 heteroatoms. The normalized spacial score (nSPS) is 18.8. The van der Waals surface area contributed by atoms with Crippen molar-refractivity contribution in [3.8, 4) is 0 Å². The first-order valence-electron chi connectivity index (χ1n) is 7.34. The van der Waals surface area contributed by atoms with E-state index in [2.05, 4.69) is 10.2 Å². The largest absolute Gasteiger partial charge is 0.395 e. The zero-order chi connectivity index (χ0) is 15.1. The Labute approximate surface area is 121 Å². The summed E-state index contributed by atoms with van der Waals surface area (Å²) >= 11 is 0. The summed E-state index contributed by atoms with van der Waals surface area (Å²) in [5.41, 5.74) is 0. The fourth-order valence-corrected chi connectivity index (χ4v) is 2.49. The summed E-state index contributed by atoms with van der Waals surface area (Å²) < 4.78 is 0. The second-order valence-electron chi connectivity index (χ2n) is 5.67. The number of amides is 2. The number of β-amino-alcohol motifs (C(OH)–C–C–N with tert-alkyl or cyclic N) is 1. The number of aliphatic hydroxyl groups excluding tert-OH is 1. The highest BCUT2D eigenvalue weighted by Gasteiger charge is 2.28. The fraction of sp³-hybridized carbons (Fsp3) is 0.857. The summed E-state index contributed by atoms with van der Waals surface area (Å²) in [4.78, 5) is 27.8. The fourth-order valence-electron chi connectivity index (χ4n) is 2.49. The van der Waals surface area contributed by atoms with Gasteiger partial charge in [-0.1, -0.05) is 13.8 Å². The molecule has 0 saturated carbocycles. The van der Waals surface area contributed by atoms with Crippen molar-refractivity contribution in [2.75, 3.05) is 39.3 Å². The lowest BCUT2D eigenvalue weighted by atomic mass is 10.0. The van der Waals surface area contributed by atoms with Gasteiger partial charge in [0.1, 0.15) is 6.04 Å². The van der Waals surface area contributed by atoms with E-state index in [1.54, 1.807) is 0 Å². The van der Waals surface area contributed by atoms with E-state index in [-0.39, 0.29) is 24.3 Å². The van der Waals surface area contributed by atoms with Crippen LogP contribution in [0, 0.1) is 5.92 Å². The maximum atomic E-state index is 12.5. The lowest BCUT2D eigenvalue weighted by Crippen LogP contribution is -2.51. The third-order valence-corrected chi connectivity index (χ3v) is 3.61. The SMILES string of the molecule is CC(=O)NC(C(=O)N1CCCN(CCO)CC1)C(C)C. The predicted octanol–water partition coefficient (Wildman–Crippen LogP) is -0.326. The molecule has 1 aliphatic rings. The average Bonchev–Trinajstić information content (AvgIpc) is 2.61. The van der Waals surface area contributed by atoms with Crippen molar-refractivity contribution in [3.05, 3.63) is 0 Å². The Morgan fingerprint density at radius 2 is 1.90 bits per heavy atom. The minimum atomic E-state index is -0.447. The molecule has 1 rings (SSSR count). The number of aliphatic hydroxyl groups is 1. The topological polar surface area (TPSA) is 72.9 Å². The molecule has 1 unspecified atom stereocenters. The number of rotatable bonds is 5. The average molecular weight is 285 g/mol. The Morgan fingerprint density at radius 3 is 2.45 bits per heavy atom. The second kappa shape index (κ2) is 8.21. The molecule has 1 aliphatic heterocycles. The van der Waals surface area contributed by atoms with Crippen LogP contribution in [0.5, 0.6) is 0 Å². The van der Waals surface area contributed by atoms with Gasteiger partial charge in [0.25, 0.3) is 0 Å². The molecule has 6 nitrogen and oxygen atoms in total. The van der Waals surface area contributed by atoms with Gasteiger partial charge in [0.05, 0.1) is 6.61 Å². The van der Waals surface area contributed by atoms with Crippen molar-refractivity contribution in [3.63, 3.8) is 0 Å². The van der Waals surface area contributed by atoms with E-state index >= 15 is 0 Å². The Morgan fingerprint density at radius 1 is 1.20 bits per heavy atom. The van der Waals surface area contributed by atoms with Crippen LogP contribution < -0.4 is 5.32 Å². The minimum Gasteiger partial charge on any atom is -0.395 e. The van der Waals surface area contributed by atoms with Gasteiger partial charge in [0.2, 0.25) is 11.8 Å². The van der Waals surface area contributed by atoms with Crippen LogP contribution in [-0.2, 0) is 9.59 Å². The molecular formula is C14H27N3O3. The number of nitrogens with one attached hydrogen (secondary N) is 1. The van der Waals surface area contributed by atoms with Crippen LogP contribution in [0.2, 0.25) is 0 Å². The molecule has 2 N–H and O–H groups in total. The van der Waals surface area contributed by atoms with E-state index in [4.69, 9.17) is 5.11 Å². The van der Waals surface area contributed by atoms with Crippen LogP contribution in [0.15, 0.2) is 0 Å². The first kappa shape index (κ1) is 16.9. The van der Waals surface area contributed by atoms with Gasteiger partial charge < -0.3 is 15.3 Å². The molecule has 0 aromatic rings. The zero-order valence-electron chi connectivity index (χ0n) is 12.8. The van der Waals surface area contributed by atoms with E-state index in [1.807, 2.05) is 18.7 Å². The highest BCUT2D eigenvalue weighted by molar-refractivity contribution is 5.87. The first-order chi connectivity index (χ1) is 9.45. The lowest BCUT2D eigenvalue weighted by molar-refractivity contribution is -0.137. The maximum Gasteiger partial charge on any atom is 0.245 e. The van der Waals surface area contributed by atoms with Crippen LogP contribution in [0.25, 0.3) is 0 Å². The van der Waals surface area contributed by atoms with E-state index in [0.717, 1.165) is 19.5 Å². The molecule has 1 heterocycles. The van der Waals surface area contributed by atoms with Crippen LogP contribution in [-0.4, -0.2) is 72.1 Å². The highest BCUT2D eigenvalue weighted by atomic mass is 16.3. The highest BCUT2D eigenvalue weighted by Crippen LogP contribution is 2.10. The molecule has 1 saturated heterocycles. The third-order valence-electron chi connectivity index (χ3n) is 3.61. The van der Waals surface area contributed by atoms with Gasteiger partial charge in [0.15, 0.2) is 0 Å². The minimum absolute atomic E-state index is 0.000971. The van der Waals surface area contributed by atoms with Gasteiger partial charge in [-0.15, -0.1) is 0 Å². The molecule has 20 heavy (non-hydrogen) atoms. The number of hydrogen-bond donors (Lipinski definition) is 2. The number of hydrogen-bond acceptors (Lipinski definition) is 4. The number of nitrogens with zero attached hydrogens (tertiary/aromatic N) is 2. The van der Waals surface area contributed by atoms with Crippen molar-refractivity contribution in [2.24, 2.45) is 5.92 Å². The van der Waals surface area contributed by atoms with Gasteiger partial charge in [-0.2, -0.15) is 0 Å². The van der Waals surface area contributed by atoms with Gasteiger partial charge in [-0.25, -0.2) is 0 Å². The van der Waals surface area contributed by atoms with Crippen LogP contribution >= 0.6 is 0 Å². The summed E-state index contributed by atoms with van der Waals surface area (Å²) in [6, 6.07) is -0.447. The molecule has 0 aliphatic carbocycles. The van der Waals surface area contributed by atoms with Crippen LogP contribution in [0.1, 0.15) is 27.2 Å². The van der Waals surface area contributed by atoms with E-state index in [1.165, 1.54) is 6.92 Å². The van der Waals surface area contributed by atoms with Crippen molar-refractivity contribution in [1.29, 1.82) is 0 Å². The maximum absolute atomic E-state index is 12.5. The summed E-state index contributed by atoms with van der Waals surface area (Å²) in [5, 5.41) is 11.7. The monoisotopic (exact) mass is 285 g/mol. The van der Waals surface area contributed by atoms with Crippen molar-refractivity contribution < 1.29 is 14.7 Å². The number of carbonyl (C=O) groups is 2. The quantitative estimate of drug-likeness (QED) is 0.726. The molecule has 116 valence electrons. The Balaban J connectivity index is 2.62. The van der Waals surface area contributed by atoms with Crippen molar-refractivity contribution in [1.82, 2.24) is 15.1 Å². The molecule has 1 atom stereocenters. The van der Waals surface area contributed by atoms with Gasteiger partial charge in [-0.05, 0) is 18.9 Å². The molecule has 2 amide bonds. The molecular weight excluding hydrogens is 258 g/mol. The molecule has 1 fully saturated rings. The lowest BCUT2D eigenvalue weighted by Gasteiger charge is -2.28. The van der Waals surface area contributed by atoms with E-state index in [0.29, 0.717) is 19.6 Å². The molecule has 0 spiro atoms. The number of carbonyl (C=O) groups excluding carboxylic acids is 2. The third kappa shape index (κ3) is 5.09. The van der Waals surface area contributed by atoms with Gasteiger partial charge >= 0.3 is 0 Å². The Kier molecular flexibility index (Phi) is 6.95. The smallest absolute Gasteiger partial charge is 0.245 e. The van der Waals surface area contributed by atoms with Gasteiger partial charge in [-0.3, -0.25) is 14.5 Å². The van der Waals surface area contributed by atoms with Crippen molar-refractivity contribution in [2.45, 2.75) is 33.2 Å². The van der Waals surface area contributed by atoms with Gasteiger partial charge in [0, 0.05) is 33.1 Å². The molecule has 0 radical (unpaired) electrons. The molecule has 0 aromatic heterocycles. The molecule has 0 aromatic carbocycles. The summed E-state index contributed by atoms with van der Waals surface area (Å²) in [6.07, 6.45) is 0.899. The summed E-state index contributed by atoms with van der Waals surface area (Å²) in [7, 11) is 0. The van der Waals surface area contributed by atoms with E-state index < -0.39 is 6.04 Å². The van der Waals surface area contributed by atoms with Crippen molar-refractivity contribution >= 4 is 11.8 Å². The van der Waals surface area contributed by atoms with E-state index in [9.17, 15) is 9.59 Å². The first-order valence-corrected chi connectivity index (χ1v) is 7.34. The molecule has 0 bridgehead atoms. The predicted molar refractivity (Wildman–Crippen MR) is 77.2 cm³/mol. The van der Waals surface area contributed by atoms with Crippen LogP contribution in [0.3, 0.4) is 0 Å². The standard InChI is InChI=1S/C14H27N3O3/c1-11(2)13(15-12(3)19)14(20)17-6-4-5-16(7-8-17)9-10-18/h11,13,18H,4-10H2,1-3H3,(H,15,19). The Bertz CT molecular complexity index is 334. The summed E-state index contributed by atoms with van der Waals surface area (Å²) in [6.45, 7) is 9.16. The Hall–Kier alpha value is -1.14.